The molecule has 0 saturated heterocycles. The maximum Gasteiger partial charge on any atom is 0.252 e. The van der Waals surface area contributed by atoms with Crippen LogP contribution in [0.3, 0.4) is 0 Å². The van der Waals surface area contributed by atoms with Crippen LogP contribution in [0.1, 0.15) is 39.7 Å². The number of hydrogen-bond donors (Lipinski definition) is 0. The molecule has 0 bridgehead atoms. The van der Waals surface area contributed by atoms with E-state index >= 15 is 0 Å². The molecule has 1 aromatic rings. The molecule has 4 heteroatoms. The van der Waals surface area contributed by atoms with Gasteiger partial charge >= 0.3 is 0 Å². The van der Waals surface area contributed by atoms with Gasteiger partial charge in [-0.25, -0.2) is 0 Å². The summed E-state index contributed by atoms with van der Waals surface area (Å²) in [5.41, 5.74) is 1.24. The molecule has 17 heavy (non-hydrogen) atoms. The summed E-state index contributed by atoms with van der Waals surface area (Å²) in [5, 5.41) is 4.67. The summed E-state index contributed by atoms with van der Waals surface area (Å²) in [4.78, 5) is 0. The molecule has 1 heterocycles. The lowest BCUT2D eigenvalue weighted by atomic mass is 10.2. The largest absolute Gasteiger partial charge is 0.529 e. The zero-order chi connectivity index (χ0) is 13.3. The summed E-state index contributed by atoms with van der Waals surface area (Å²) < 4.78 is 8.13. The number of aryl methyl sites for hydroxylation is 2. The van der Waals surface area contributed by atoms with Gasteiger partial charge in [-0.1, -0.05) is 34.1 Å². The van der Waals surface area contributed by atoms with Crippen molar-refractivity contribution in [2.45, 2.75) is 58.7 Å². The Morgan fingerprint density at radius 1 is 1.35 bits per heavy atom. The topological polar surface area (TPSA) is 27.1 Å². The molecular weight excluding hydrogens is 228 g/mol. The maximum absolute atomic E-state index is 6.28. The van der Waals surface area contributed by atoms with E-state index in [1.54, 1.807) is 0 Å². The molecule has 0 saturated carbocycles. The van der Waals surface area contributed by atoms with Crippen molar-refractivity contribution in [3.8, 4) is 5.88 Å². The van der Waals surface area contributed by atoms with Gasteiger partial charge < -0.3 is 4.43 Å². The van der Waals surface area contributed by atoms with E-state index in [-0.39, 0.29) is 5.04 Å². The average Bonchev–Trinajstić information content (AvgIpc) is 2.44. The van der Waals surface area contributed by atoms with Crippen molar-refractivity contribution >= 4 is 8.32 Å². The van der Waals surface area contributed by atoms with E-state index in [2.05, 4.69) is 52.1 Å². The first-order valence-electron chi connectivity index (χ1n) is 6.39. The lowest BCUT2D eigenvalue weighted by molar-refractivity contribution is 0.464. The van der Waals surface area contributed by atoms with Crippen LogP contribution >= 0.6 is 0 Å². The van der Waals surface area contributed by atoms with Crippen molar-refractivity contribution in [3.63, 3.8) is 0 Å². The standard InChI is InChI=1S/C13H26N2OSi/c1-8-9-11-10-15(5)14-12(11)16-17(6,7)13(2,3)4/h10H,8-9H2,1-7H3. The second kappa shape index (κ2) is 4.84. The fourth-order valence-electron chi connectivity index (χ4n) is 1.44. The molecule has 0 aliphatic carbocycles. The van der Waals surface area contributed by atoms with Crippen molar-refractivity contribution in [2.75, 3.05) is 0 Å². The highest BCUT2D eigenvalue weighted by atomic mass is 28.4. The van der Waals surface area contributed by atoms with E-state index in [0.29, 0.717) is 0 Å². The molecule has 0 fully saturated rings. The Bertz CT molecular complexity index is 377. The van der Waals surface area contributed by atoms with E-state index in [1.165, 1.54) is 5.56 Å². The highest BCUT2D eigenvalue weighted by Gasteiger charge is 2.39. The summed E-state index contributed by atoms with van der Waals surface area (Å²) in [6.45, 7) is 13.5. The Balaban J connectivity index is 2.94. The zero-order valence-electron chi connectivity index (χ0n) is 12.3. The van der Waals surface area contributed by atoms with E-state index in [4.69, 9.17) is 4.43 Å². The van der Waals surface area contributed by atoms with Gasteiger partial charge in [0.1, 0.15) is 0 Å². The van der Waals surface area contributed by atoms with Gasteiger partial charge in [-0.15, -0.1) is 5.10 Å². The molecule has 0 aliphatic heterocycles. The molecule has 0 atom stereocenters. The molecule has 98 valence electrons. The van der Waals surface area contributed by atoms with Crippen molar-refractivity contribution in [1.82, 2.24) is 9.78 Å². The van der Waals surface area contributed by atoms with Gasteiger partial charge in [0.2, 0.25) is 5.88 Å². The molecular formula is C13H26N2OSi. The molecule has 0 aromatic carbocycles. The van der Waals surface area contributed by atoms with E-state index < -0.39 is 8.32 Å². The van der Waals surface area contributed by atoms with Gasteiger partial charge in [0.05, 0.1) is 0 Å². The molecule has 3 nitrogen and oxygen atoms in total. The summed E-state index contributed by atoms with van der Waals surface area (Å²) in [5.74, 6) is 0.848. The minimum Gasteiger partial charge on any atom is -0.529 e. The monoisotopic (exact) mass is 254 g/mol. The third kappa shape index (κ3) is 3.34. The minimum absolute atomic E-state index is 0.216. The molecule has 1 aromatic heterocycles. The van der Waals surface area contributed by atoms with Crippen LogP contribution in [0.4, 0.5) is 0 Å². The van der Waals surface area contributed by atoms with Crippen LogP contribution in [0.2, 0.25) is 18.1 Å². The number of hydrogen-bond acceptors (Lipinski definition) is 2. The van der Waals surface area contributed by atoms with Crippen molar-refractivity contribution < 1.29 is 4.43 Å². The molecule has 0 N–H and O–H groups in total. The second-order valence-corrected chi connectivity index (χ2v) is 11.0. The summed E-state index contributed by atoms with van der Waals surface area (Å²) in [6.07, 6.45) is 4.24. The summed E-state index contributed by atoms with van der Waals surface area (Å²) >= 11 is 0. The lowest BCUT2D eigenvalue weighted by Gasteiger charge is -2.35. The van der Waals surface area contributed by atoms with E-state index in [0.717, 1.165) is 18.7 Å². The summed E-state index contributed by atoms with van der Waals surface area (Å²) in [6, 6.07) is 0. The minimum atomic E-state index is -1.77. The average molecular weight is 254 g/mol. The quantitative estimate of drug-likeness (QED) is 0.765. The molecule has 0 amide bonds. The van der Waals surface area contributed by atoms with Gasteiger partial charge in [0.15, 0.2) is 0 Å². The summed E-state index contributed by atoms with van der Waals surface area (Å²) in [7, 11) is 0.187. The van der Waals surface area contributed by atoms with Gasteiger partial charge in [-0.3, -0.25) is 4.68 Å². The number of aromatic nitrogens is 2. The van der Waals surface area contributed by atoms with Crippen LogP contribution in [0.15, 0.2) is 6.20 Å². The van der Waals surface area contributed by atoms with E-state index in [1.807, 2.05) is 11.7 Å². The van der Waals surface area contributed by atoms with Crippen LogP contribution in [-0.2, 0) is 13.5 Å². The van der Waals surface area contributed by atoms with Crippen LogP contribution in [0, 0.1) is 0 Å². The van der Waals surface area contributed by atoms with Crippen molar-refractivity contribution in [1.29, 1.82) is 0 Å². The highest BCUT2D eigenvalue weighted by molar-refractivity contribution is 6.74. The van der Waals surface area contributed by atoms with Gasteiger partial charge in [0, 0.05) is 18.8 Å². The number of rotatable bonds is 4. The predicted octanol–water partition coefficient (Wildman–Crippen LogP) is 3.76. The molecule has 0 spiro atoms. The van der Waals surface area contributed by atoms with Crippen molar-refractivity contribution in [2.24, 2.45) is 7.05 Å². The Morgan fingerprint density at radius 3 is 2.41 bits per heavy atom. The van der Waals surface area contributed by atoms with Crippen molar-refractivity contribution in [3.05, 3.63) is 11.8 Å². The zero-order valence-corrected chi connectivity index (χ0v) is 13.3. The Kier molecular flexibility index (Phi) is 4.07. The van der Waals surface area contributed by atoms with Gasteiger partial charge in [-0.05, 0) is 24.6 Å². The fraction of sp³-hybridized carbons (Fsp3) is 0.769. The first kappa shape index (κ1) is 14.3. The SMILES string of the molecule is CCCc1cn(C)nc1O[Si](C)(C)C(C)(C)C. The van der Waals surface area contributed by atoms with Crippen LogP contribution < -0.4 is 4.43 Å². The predicted molar refractivity (Wildman–Crippen MR) is 75.0 cm³/mol. The Hall–Kier alpha value is -0.773. The molecule has 0 aliphatic rings. The van der Waals surface area contributed by atoms with Crippen LogP contribution in [0.25, 0.3) is 0 Å². The third-order valence-electron chi connectivity index (χ3n) is 3.54. The van der Waals surface area contributed by atoms with E-state index in [9.17, 15) is 0 Å². The third-order valence-corrected chi connectivity index (χ3v) is 7.86. The van der Waals surface area contributed by atoms with Crippen LogP contribution in [-0.4, -0.2) is 18.1 Å². The normalized spacial score (nSPS) is 12.9. The lowest BCUT2D eigenvalue weighted by Crippen LogP contribution is -2.44. The Labute approximate surface area is 106 Å². The molecule has 0 unspecified atom stereocenters. The Morgan fingerprint density at radius 2 is 1.94 bits per heavy atom. The highest BCUT2D eigenvalue weighted by Crippen LogP contribution is 2.37. The number of nitrogens with zero attached hydrogens (tertiary/aromatic N) is 2. The van der Waals surface area contributed by atoms with Crippen LogP contribution in [0.5, 0.6) is 5.88 Å². The fourth-order valence-corrected chi connectivity index (χ4v) is 2.40. The van der Waals surface area contributed by atoms with Gasteiger partial charge in [0.25, 0.3) is 8.32 Å². The molecule has 1 rings (SSSR count). The first-order valence-corrected chi connectivity index (χ1v) is 9.29. The maximum atomic E-state index is 6.28. The second-order valence-electron chi connectivity index (χ2n) is 6.25. The molecule has 0 radical (unpaired) electrons. The van der Waals surface area contributed by atoms with Gasteiger partial charge in [-0.2, -0.15) is 0 Å². The smallest absolute Gasteiger partial charge is 0.252 e. The first-order chi connectivity index (χ1) is 7.67.